The van der Waals surface area contributed by atoms with Crippen molar-refractivity contribution in [2.24, 2.45) is 5.92 Å². The second kappa shape index (κ2) is 10.3. The Balaban J connectivity index is 3.62. The van der Waals surface area contributed by atoms with Crippen molar-refractivity contribution in [1.82, 2.24) is 0 Å². The highest BCUT2D eigenvalue weighted by molar-refractivity contribution is 4.91. The van der Waals surface area contributed by atoms with Crippen LogP contribution in [0.3, 0.4) is 0 Å². The van der Waals surface area contributed by atoms with E-state index in [9.17, 15) is 0 Å². The van der Waals surface area contributed by atoms with Gasteiger partial charge in [0.15, 0.2) is 0 Å². The van der Waals surface area contributed by atoms with Crippen molar-refractivity contribution in [3.8, 4) is 0 Å². The fourth-order valence-electron chi connectivity index (χ4n) is 1.27. The lowest BCUT2D eigenvalue weighted by Crippen LogP contribution is -1.93. The van der Waals surface area contributed by atoms with Crippen LogP contribution in [-0.4, -0.2) is 11.7 Å². The van der Waals surface area contributed by atoms with E-state index in [0.29, 0.717) is 5.92 Å². The number of aliphatic hydroxyl groups is 1. The second-order valence-corrected chi connectivity index (χ2v) is 3.34. The molecule has 0 fully saturated rings. The Morgan fingerprint density at radius 1 is 1.21 bits per heavy atom. The molecule has 0 heterocycles. The molecule has 1 nitrogen and oxygen atoms in total. The number of hydrogen-bond donors (Lipinski definition) is 1. The smallest absolute Gasteiger partial charge is 0.0612 e. The maximum Gasteiger partial charge on any atom is 0.0612 e. The highest BCUT2D eigenvalue weighted by Crippen LogP contribution is 2.13. The Morgan fingerprint density at radius 3 is 2.57 bits per heavy atom. The van der Waals surface area contributed by atoms with Gasteiger partial charge in [0, 0.05) is 0 Å². The minimum Gasteiger partial charge on any atom is -0.392 e. The summed E-state index contributed by atoms with van der Waals surface area (Å²) >= 11 is 0. The first-order valence-electron chi connectivity index (χ1n) is 5.38. The summed E-state index contributed by atoms with van der Waals surface area (Å²) in [7, 11) is 0. The molecule has 0 saturated carbocycles. The Morgan fingerprint density at radius 2 is 2.00 bits per heavy atom. The standard InChI is InChI=1S/C13H22O/c1-3-5-6-7-10-13(4-2)11-8-9-12-14/h4-6,8-9,13-14H,2-3,7,10-12H2,1H3/b6-5+,9-8-. The first-order valence-corrected chi connectivity index (χ1v) is 5.38. The van der Waals surface area contributed by atoms with Gasteiger partial charge in [0.25, 0.3) is 0 Å². The van der Waals surface area contributed by atoms with Gasteiger partial charge >= 0.3 is 0 Å². The van der Waals surface area contributed by atoms with Gasteiger partial charge in [-0.3, -0.25) is 0 Å². The summed E-state index contributed by atoms with van der Waals surface area (Å²) in [6.45, 7) is 6.10. The van der Waals surface area contributed by atoms with Gasteiger partial charge in [0.05, 0.1) is 6.61 Å². The van der Waals surface area contributed by atoms with Crippen molar-refractivity contribution in [3.05, 3.63) is 37.0 Å². The van der Waals surface area contributed by atoms with Crippen molar-refractivity contribution < 1.29 is 5.11 Å². The van der Waals surface area contributed by atoms with Gasteiger partial charge in [-0.25, -0.2) is 0 Å². The van der Waals surface area contributed by atoms with Crippen molar-refractivity contribution in [1.29, 1.82) is 0 Å². The topological polar surface area (TPSA) is 20.2 Å². The third-order valence-electron chi connectivity index (χ3n) is 2.15. The summed E-state index contributed by atoms with van der Waals surface area (Å²) in [5.74, 6) is 0.541. The van der Waals surface area contributed by atoms with E-state index >= 15 is 0 Å². The lowest BCUT2D eigenvalue weighted by atomic mass is 9.99. The molecule has 0 aliphatic carbocycles. The number of aliphatic hydroxyl groups excluding tert-OH is 1. The Kier molecular flexibility index (Phi) is 9.66. The Hall–Kier alpha value is -0.820. The average Bonchev–Trinajstić information content (AvgIpc) is 2.22. The molecule has 0 saturated heterocycles. The van der Waals surface area contributed by atoms with Crippen LogP contribution < -0.4 is 0 Å². The summed E-state index contributed by atoms with van der Waals surface area (Å²) in [6.07, 6.45) is 14.6. The first kappa shape index (κ1) is 13.2. The molecule has 0 aromatic rings. The van der Waals surface area contributed by atoms with Crippen LogP contribution in [0.2, 0.25) is 0 Å². The molecule has 14 heavy (non-hydrogen) atoms. The van der Waals surface area contributed by atoms with E-state index in [0.717, 1.165) is 25.7 Å². The predicted molar refractivity (Wildman–Crippen MR) is 63.2 cm³/mol. The van der Waals surface area contributed by atoms with Gasteiger partial charge in [0.2, 0.25) is 0 Å². The zero-order valence-electron chi connectivity index (χ0n) is 9.15. The van der Waals surface area contributed by atoms with Gasteiger partial charge in [-0.2, -0.15) is 0 Å². The molecule has 80 valence electrons. The van der Waals surface area contributed by atoms with Crippen molar-refractivity contribution >= 4 is 0 Å². The molecule has 0 radical (unpaired) electrons. The quantitative estimate of drug-likeness (QED) is 0.587. The van der Waals surface area contributed by atoms with Crippen LogP contribution in [0.1, 0.15) is 32.6 Å². The highest BCUT2D eigenvalue weighted by atomic mass is 16.2. The molecule has 0 bridgehead atoms. The lowest BCUT2D eigenvalue weighted by molar-refractivity contribution is 0.342. The zero-order chi connectivity index (χ0) is 10.6. The summed E-state index contributed by atoms with van der Waals surface area (Å²) in [6, 6.07) is 0. The average molecular weight is 194 g/mol. The van der Waals surface area contributed by atoms with Gasteiger partial charge in [-0.15, -0.1) is 6.58 Å². The first-order chi connectivity index (χ1) is 6.85. The van der Waals surface area contributed by atoms with E-state index < -0.39 is 0 Å². The summed E-state index contributed by atoms with van der Waals surface area (Å²) < 4.78 is 0. The molecule has 0 amide bonds. The molecule has 0 aliphatic rings. The maximum atomic E-state index is 8.57. The van der Waals surface area contributed by atoms with Gasteiger partial charge in [-0.1, -0.05) is 37.3 Å². The molecular formula is C13H22O. The summed E-state index contributed by atoms with van der Waals surface area (Å²) in [4.78, 5) is 0. The Bertz CT molecular complexity index is 180. The third kappa shape index (κ3) is 7.81. The molecule has 0 aromatic carbocycles. The van der Waals surface area contributed by atoms with Gasteiger partial charge in [0.1, 0.15) is 0 Å². The normalized spacial score (nSPS) is 13.9. The van der Waals surface area contributed by atoms with E-state index in [-0.39, 0.29) is 6.61 Å². The molecule has 0 spiro atoms. The van der Waals surface area contributed by atoms with Crippen LogP contribution in [0.4, 0.5) is 0 Å². The number of hydrogen-bond acceptors (Lipinski definition) is 1. The fraction of sp³-hybridized carbons (Fsp3) is 0.538. The van der Waals surface area contributed by atoms with Crippen LogP contribution >= 0.6 is 0 Å². The minimum absolute atomic E-state index is 0.138. The van der Waals surface area contributed by atoms with Gasteiger partial charge in [-0.05, 0) is 31.6 Å². The number of allylic oxidation sites excluding steroid dienone is 4. The molecule has 1 heteroatoms. The molecular weight excluding hydrogens is 172 g/mol. The monoisotopic (exact) mass is 194 g/mol. The molecule has 0 aliphatic heterocycles. The Labute approximate surface area is 87.8 Å². The highest BCUT2D eigenvalue weighted by Gasteiger charge is 1.99. The van der Waals surface area contributed by atoms with E-state index in [1.807, 2.05) is 12.2 Å². The van der Waals surface area contributed by atoms with E-state index in [1.165, 1.54) is 0 Å². The maximum absolute atomic E-state index is 8.57. The molecule has 0 aromatic heterocycles. The number of rotatable bonds is 8. The van der Waals surface area contributed by atoms with Crippen molar-refractivity contribution in [2.45, 2.75) is 32.6 Å². The largest absolute Gasteiger partial charge is 0.392 e. The predicted octanol–water partition coefficient (Wildman–Crippen LogP) is 3.47. The van der Waals surface area contributed by atoms with Crippen molar-refractivity contribution in [3.63, 3.8) is 0 Å². The summed E-state index contributed by atoms with van der Waals surface area (Å²) in [5, 5.41) is 8.57. The SMILES string of the molecule is C=CC(C/C=C\CO)CC/C=C/CC. The molecule has 1 atom stereocenters. The fourth-order valence-corrected chi connectivity index (χ4v) is 1.27. The summed E-state index contributed by atoms with van der Waals surface area (Å²) in [5.41, 5.74) is 0. The van der Waals surface area contributed by atoms with Crippen LogP contribution in [0, 0.1) is 5.92 Å². The second-order valence-electron chi connectivity index (χ2n) is 3.34. The van der Waals surface area contributed by atoms with Crippen LogP contribution in [0.25, 0.3) is 0 Å². The molecule has 0 rings (SSSR count). The van der Waals surface area contributed by atoms with E-state index in [1.54, 1.807) is 6.08 Å². The van der Waals surface area contributed by atoms with Crippen LogP contribution in [0.15, 0.2) is 37.0 Å². The third-order valence-corrected chi connectivity index (χ3v) is 2.15. The lowest BCUT2D eigenvalue weighted by Gasteiger charge is -2.07. The van der Waals surface area contributed by atoms with E-state index in [4.69, 9.17) is 5.11 Å². The minimum atomic E-state index is 0.138. The van der Waals surface area contributed by atoms with Crippen LogP contribution in [-0.2, 0) is 0 Å². The van der Waals surface area contributed by atoms with Gasteiger partial charge < -0.3 is 5.11 Å². The van der Waals surface area contributed by atoms with E-state index in [2.05, 4.69) is 25.7 Å². The zero-order valence-corrected chi connectivity index (χ0v) is 9.15. The molecule has 1 unspecified atom stereocenters. The molecule has 1 N–H and O–H groups in total. The van der Waals surface area contributed by atoms with Crippen molar-refractivity contribution in [2.75, 3.05) is 6.61 Å². The van der Waals surface area contributed by atoms with Crippen LogP contribution in [0.5, 0.6) is 0 Å².